The summed E-state index contributed by atoms with van der Waals surface area (Å²) in [5, 5.41) is 0.911. The molecule has 0 amide bonds. The molecule has 1 fully saturated rings. The Balaban J connectivity index is 1.54. The van der Waals surface area contributed by atoms with Gasteiger partial charge in [-0.15, -0.1) is 0 Å². The highest BCUT2D eigenvalue weighted by Crippen LogP contribution is 2.39. The number of hydrogen-bond acceptors (Lipinski definition) is 6. The van der Waals surface area contributed by atoms with E-state index < -0.39 is 0 Å². The number of fused-ring (bicyclic) bond motifs is 1. The van der Waals surface area contributed by atoms with Gasteiger partial charge in [0.05, 0.1) is 11.2 Å². The van der Waals surface area contributed by atoms with E-state index in [-0.39, 0.29) is 0 Å². The van der Waals surface area contributed by atoms with E-state index in [2.05, 4.69) is 33.0 Å². The molecule has 30 heavy (non-hydrogen) atoms. The molecule has 0 bridgehead atoms. The maximum absolute atomic E-state index is 6.58. The Morgan fingerprint density at radius 1 is 1.10 bits per heavy atom. The Labute approximate surface area is 175 Å². The van der Waals surface area contributed by atoms with Gasteiger partial charge in [0.25, 0.3) is 0 Å². The van der Waals surface area contributed by atoms with Crippen molar-refractivity contribution in [3.8, 4) is 22.8 Å². The molecule has 1 aliphatic heterocycles. The monoisotopic (exact) mass is 397 g/mol. The van der Waals surface area contributed by atoms with Crippen LogP contribution in [0.1, 0.15) is 17.9 Å². The first-order valence-corrected chi connectivity index (χ1v) is 10.1. The third kappa shape index (κ3) is 3.46. The number of rotatable bonds is 4. The second kappa shape index (κ2) is 7.72. The van der Waals surface area contributed by atoms with Crippen molar-refractivity contribution < 1.29 is 4.74 Å². The Morgan fingerprint density at radius 3 is 2.70 bits per heavy atom. The van der Waals surface area contributed by atoms with Crippen LogP contribution in [0.15, 0.2) is 67.3 Å². The van der Waals surface area contributed by atoms with Crippen LogP contribution in [-0.4, -0.2) is 40.0 Å². The van der Waals surface area contributed by atoms with Crippen molar-refractivity contribution in [2.75, 3.05) is 25.9 Å². The highest BCUT2D eigenvalue weighted by molar-refractivity contribution is 6.00. The zero-order chi connectivity index (χ0) is 20.5. The smallest absolute Gasteiger partial charge is 0.219 e. The molecule has 2 aromatic heterocycles. The van der Waals surface area contributed by atoms with Gasteiger partial charge in [-0.05, 0) is 61.3 Å². The number of likely N-dealkylation sites (tertiary alicyclic amines) is 1. The van der Waals surface area contributed by atoms with Gasteiger partial charge in [-0.1, -0.05) is 18.2 Å². The fourth-order valence-electron chi connectivity index (χ4n) is 4.17. The molecule has 3 heterocycles. The molecule has 6 nitrogen and oxygen atoms in total. The van der Waals surface area contributed by atoms with Crippen LogP contribution >= 0.6 is 0 Å². The van der Waals surface area contributed by atoms with E-state index in [9.17, 15) is 0 Å². The van der Waals surface area contributed by atoms with Gasteiger partial charge < -0.3 is 15.4 Å². The molecule has 0 spiro atoms. The van der Waals surface area contributed by atoms with Gasteiger partial charge >= 0.3 is 0 Å². The third-order valence-corrected chi connectivity index (χ3v) is 5.72. The van der Waals surface area contributed by atoms with Crippen molar-refractivity contribution in [1.29, 1.82) is 0 Å². The number of benzene rings is 2. The van der Waals surface area contributed by atoms with Gasteiger partial charge in [-0.3, -0.25) is 0 Å². The Hall–Kier alpha value is -3.51. The minimum absolute atomic E-state index is 0.443. The molecule has 5 rings (SSSR count). The molecule has 1 atom stereocenters. The predicted octanol–water partition coefficient (Wildman–Crippen LogP) is 4.49. The summed E-state index contributed by atoms with van der Waals surface area (Å²) in [6.07, 6.45) is 6.26. The summed E-state index contributed by atoms with van der Waals surface area (Å²) < 4.78 is 5.82. The number of nitrogens with zero attached hydrogens (tertiary/aromatic N) is 4. The Bertz CT molecular complexity index is 1180. The Morgan fingerprint density at radius 2 is 1.97 bits per heavy atom. The molecule has 2 aromatic carbocycles. The van der Waals surface area contributed by atoms with Crippen LogP contribution in [-0.2, 0) is 0 Å². The van der Waals surface area contributed by atoms with Crippen LogP contribution in [0.4, 0.5) is 5.69 Å². The summed E-state index contributed by atoms with van der Waals surface area (Å²) in [6.45, 7) is 2.12. The highest BCUT2D eigenvalue weighted by atomic mass is 16.5. The topological polar surface area (TPSA) is 77.2 Å². The van der Waals surface area contributed by atoms with Crippen LogP contribution in [0.2, 0.25) is 0 Å². The average molecular weight is 397 g/mol. The van der Waals surface area contributed by atoms with Crippen LogP contribution in [0, 0.1) is 0 Å². The van der Waals surface area contributed by atoms with Gasteiger partial charge in [0, 0.05) is 36.0 Å². The summed E-state index contributed by atoms with van der Waals surface area (Å²) in [7, 11) is 2.16. The highest BCUT2D eigenvalue weighted by Gasteiger charge is 2.25. The molecule has 1 saturated heterocycles. The summed E-state index contributed by atoms with van der Waals surface area (Å²) in [5.74, 6) is 1.75. The van der Waals surface area contributed by atoms with Gasteiger partial charge in [-0.25, -0.2) is 15.0 Å². The minimum Gasteiger partial charge on any atom is -0.439 e. The number of pyridine rings is 1. The van der Waals surface area contributed by atoms with Crippen molar-refractivity contribution in [3.05, 3.63) is 72.8 Å². The van der Waals surface area contributed by atoms with E-state index >= 15 is 0 Å². The lowest BCUT2D eigenvalue weighted by atomic mass is 9.90. The lowest BCUT2D eigenvalue weighted by Crippen LogP contribution is -2.13. The van der Waals surface area contributed by atoms with Crippen molar-refractivity contribution in [1.82, 2.24) is 19.9 Å². The second-order valence-electron chi connectivity index (χ2n) is 7.75. The normalized spacial score (nSPS) is 16.8. The molecule has 4 aromatic rings. The van der Waals surface area contributed by atoms with Crippen molar-refractivity contribution in [2.24, 2.45) is 0 Å². The fourth-order valence-corrected chi connectivity index (χ4v) is 4.17. The zero-order valence-electron chi connectivity index (χ0n) is 16.8. The molecule has 6 heteroatoms. The van der Waals surface area contributed by atoms with E-state index in [1.54, 1.807) is 12.5 Å². The van der Waals surface area contributed by atoms with Crippen LogP contribution in [0.25, 0.3) is 22.0 Å². The summed E-state index contributed by atoms with van der Waals surface area (Å²) in [4.78, 5) is 15.4. The predicted molar refractivity (Wildman–Crippen MR) is 119 cm³/mol. The number of ether oxygens (including phenoxy) is 1. The maximum Gasteiger partial charge on any atom is 0.219 e. The molecule has 150 valence electrons. The first kappa shape index (κ1) is 18.5. The van der Waals surface area contributed by atoms with E-state index in [0.29, 0.717) is 17.5 Å². The molecular weight excluding hydrogens is 374 g/mol. The first-order valence-electron chi connectivity index (χ1n) is 10.1. The largest absolute Gasteiger partial charge is 0.439 e. The quantitative estimate of drug-likeness (QED) is 0.512. The lowest BCUT2D eigenvalue weighted by Gasteiger charge is -2.17. The summed E-state index contributed by atoms with van der Waals surface area (Å²) in [5.41, 5.74) is 11.5. The molecule has 0 saturated carbocycles. The number of nitrogens with two attached hydrogens (primary N) is 1. The third-order valence-electron chi connectivity index (χ3n) is 5.72. The van der Waals surface area contributed by atoms with Crippen molar-refractivity contribution >= 4 is 16.6 Å². The molecule has 0 radical (unpaired) electrons. The number of anilines is 1. The number of likely N-dealkylation sites (N-methyl/N-ethyl adjacent to an activating group) is 1. The van der Waals surface area contributed by atoms with Gasteiger partial charge in [-0.2, -0.15) is 0 Å². The number of nitrogen functional groups attached to an aromatic ring is 1. The average Bonchev–Trinajstić information content (AvgIpc) is 3.22. The van der Waals surface area contributed by atoms with Gasteiger partial charge in [0.1, 0.15) is 12.1 Å². The molecule has 1 unspecified atom stereocenters. The maximum atomic E-state index is 6.58. The van der Waals surface area contributed by atoms with Gasteiger partial charge in [0.2, 0.25) is 5.88 Å². The van der Waals surface area contributed by atoms with E-state index in [0.717, 1.165) is 47.3 Å². The SMILES string of the molecule is CN1CCC(c2cc(-c3ccc(Oc4ccccn4)cc3)c(N)c3cncnc23)C1. The second-order valence-corrected chi connectivity index (χ2v) is 7.75. The van der Waals surface area contributed by atoms with Crippen LogP contribution in [0.5, 0.6) is 11.6 Å². The van der Waals surface area contributed by atoms with Crippen molar-refractivity contribution in [3.63, 3.8) is 0 Å². The van der Waals surface area contributed by atoms with Gasteiger partial charge in [0.15, 0.2) is 0 Å². The standard InChI is InChI=1S/C24H23N5O/c1-29-11-9-17(14-29)20-12-19(23(25)21-13-26-15-28-24(20)21)16-5-7-18(8-6-16)30-22-4-2-3-10-27-22/h2-8,10,12-13,15,17H,9,11,14,25H2,1H3. The molecule has 2 N–H and O–H groups in total. The van der Waals surface area contributed by atoms with Crippen LogP contribution < -0.4 is 10.5 Å². The van der Waals surface area contributed by atoms with Crippen molar-refractivity contribution in [2.45, 2.75) is 12.3 Å². The fraction of sp³-hybridized carbons (Fsp3) is 0.208. The van der Waals surface area contributed by atoms with Crippen LogP contribution in [0.3, 0.4) is 0 Å². The lowest BCUT2D eigenvalue weighted by molar-refractivity contribution is 0.412. The molecular formula is C24H23N5O. The number of hydrogen-bond donors (Lipinski definition) is 1. The van der Waals surface area contributed by atoms with E-state index in [1.165, 1.54) is 5.56 Å². The Kier molecular flexibility index (Phi) is 4.77. The molecule has 1 aliphatic rings. The van der Waals surface area contributed by atoms with E-state index in [1.807, 2.05) is 48.7 Å². The number of aromatic nitrogens is 3. The minimum atomic E-state index is 0.443. The first-order chi connectivity index (χ1) is 14.7. The molecule has 0 aliphatic carbocycles. The summed E-state index contributed by atoms with van der Waals surface area (Å²) in [6, 6.07) is 15.8. The zero-order valence-corrected chi connectivity index (χ0v) is 16.8. The van der Waals surface area contributed by atoms with E-state index in [4.69, 9.17) is 10.5 Å². The summed E-state index contributed by atoms with van der Waals surface area (Å²) >= 11 is 0.